The Hall–Kier alpha value is -0.0800. The van der Waals surface area contributed by atoms with Crippen LogP contribution in [0.4, 0.5) is 0 Å². The van der Waals surface area contributed by atoms with Crippen molar-refractivity contribution in [3.05, 3.63) is 0 Å². The smallest absolute Gasteiger partial charge is 0.0105 e. The highest BCUT2D eigenvalue weighted by Crippen LogP contribution is 2.37. The van der Waals surface area contributed by atoms with Crippen LogP contribution in [0.15, 0.2) is 0 Å². The lowest BCUT2D eigenvalue weighted by Crippen LogP contribution is -2.49. The van der Waals surface area contributed by atoms with Crippen LogP contribution in [-0.2, 0) is 0 Å². The van der Waals surface area contributed by atoms with E-state index in [0.29, 0.717) is 6.04 Å². The van der Waals surface area contributed by atoms with Gasteiger partial charge in [-0.1, -0.05) is 40.0 Å². The highest BCUT2D eigenvalue weighted by molar-refractivity contribution is 4.87. The molecule has 4 unspecified atom stereocenters. The van der Waals surface area contributed by atoms with E-state index in [1.165, 1.54) is 45.2 Å². The monoisotopic (exact) mass is 266 g/mol. The molecule has 0 aromatic rings. The average molecular weight is 266 g/mol. The summed E-state index contributed by atoms with van der Waals surface area (Å²) in [5.41, 5.74) is 0. The second-order valence-electron chi connectivity index (χ2n) is 7.37. The van der Waals surface area contributed by atoms with Crippen LogP contribution >= 0.6 is 0 Å². The van der Waals surface area contributed by atoms with Crippen molar-refractivity contribution in [1.82, 2.24) is 10.2 Å². The molecule has 2 rings (SSSR count). The molecule has 4 atom stereocenters. The molecule has 0 radical (unpaired) electrons. The lowest BCUT2D eigenvalue weighted by molar-refractivity contribution is 0.0449. The first-order chi connectivity index (χ1) is 9.08. The normalized spacial score (nSPS) is 32.1. The first-order valence-electron chi connectivity index (χ1n) is 8.55. The minimum Gasteiger partial charge on any atom is -0.314 e. The molecule has 112 valence electrons. The van der Waals surface area contributed by atoms with Gasteiger partial charge >= 0.3 is 0 Å². The van der Waals surface area contributed by atoms with Gasteiger partial charge in [0.15, 0.2) is 0 Å². The fourth-order valence-corrected chi connectivity index (χ4v) is 3.95. The molecule has 0 aromatic heterocycles. The van der Waals surface area contributed by atoms with Gasteiger partial charge in [-0.2, -0.15) is 0 Å². The first kappa shape index (κ1) is 15.3. The molecule has 0 amide bonds. The molecule has 2 heteroatoms. The third kappa shape index (κ3) is 4.19. The number of nitrogens with zero attached hydrogens (tertiary/aromatic N) is 1. The molecular formula is C17H34N2. The summed E-state index contributed by atoms with van der Waals surface area (Å²) in [5, 5.41) is 3.59. The van der Waals surface area contributed by atoms with Crippen LogP contribution < -0.4 is 5.32 Å². The van der Waals surface area contributed by atoms with Crippen LogP contribution in [0, 0.1) is 17.8 Å². The molecule has 0 spiro atoms. The maximum absolute atomic E-state index is 3.59. The number of piperidine rings is 1. The van der Waals surface area contributed by atoms with E-state index >= 15 is 0 Å². The summed E-state index contributed by atoms with van der Waals surface area (Å²) in [6, 6.07) is 1.34. The number of fused-ring (bicyclic) bond motifs is 1. The molecular weight excluding hydrogens is 232 g/mol. The Balaban J connectivity index is 1.80. The van der Waals surface area contributed by atoms with E-state index in [-0.39, 0.29) is 0 Å². The molecule has 1 saturated carbocycles. The van der Waals surface area contributed by atoms with Crippen LogP contribution in [0.3, 0.4) is 0 Å². The second-order valence-corrected chi connectivity index (χ2v) is 7.37. The predicted molar refractivity (Wildman–Crippen MR) is 83.4 cm³/mol. The Bertz CT molecular complexity index is 264. The molecule has 1 N–H and O–H groups in total. The van der Waals surface area contributed by atoms with Crippen LogP contribution in [-0.4, -0.2) is 36.6 Å². The van der Waals surface area contributed by atoms with Gasteiger partial charge in [0.05, 0.1) is 0 Å². The van der Waals surface area contributed by atoms with Crippen molar-refractivity contribution >= 4 is 0 Å². The van der Waals surface area contributed by atoms with Gasteiger partial charge in [-0.15, -0.1) is 0 Å². The second kappa shape index (κ2) is 7.08. The largest absolute Gasteiger partial charge is 0.314 e. The van der Waals surface area contributed by atoms with Gasteiger partial charge in [0.25, 0.3) is 0 Å². The highest BCUT2D eigenvalue weighted by Gasteiger charge is 2.33. The number of hydrogen-bond donors (Lipinski definition) is 1. The van der Waals surface area contributed by atoms with Gasteiger partial charge < -0.3 is 10.2 Å². The summed E-state index contributed by atoms with van der Waals surface area (Å²) in [7, 11) is 0. The first-order valence-corrected chi connectivity index (χ1v) is 8.55. The molecule has 0 aromatic carbocycles. The topological polar surface area (TPSA) is 15.3 Å². The lowest BCUT2D eigenvalue weighted by Gasteiger charge is -2.45. The fourth-order valence-electron chi connectivity index (χ4n) is 3.95. The zero-order chi connectivity index (χ0) is 13.8. The maximum Gasteiger partial charge on any atom is 0.0105 e. The van der Waals surface area contributed by atoms with Gasteiger partial charge in [-0.25, -0.2) is 0 Å². The molecule has 1 saturated heterocycles. The summed E-state index contributed by atoms with van der Waals surface area (Å²) < 4.78 is 0. The van der Waals surface area contributed by atoms with Crippen molar-refractivity contribution in [3.8, 4) is 0 Å². The molecule has 1 heterocycles. The Morgan fingerprint density at radius 2 is 1.68 bits per heavy atom. The highest BCUT2D eigenvalue weighted by atomic mass is 15.2. The summed E-state index contributed by atoms with van der Waals surface area (Å²) in [4.78, 5) is 2.78. The minimum atomic E-state index is 0.610. The van der Waals surface area contributed by atoms with E-state index in [9.17, 15) is 0 Å². The van der Waals surface area contributed by atoms with Gasteiger partial charge in [-0.3, -0.25) is 0 Å². The number of likely N-dealkylation sites (tertiary alicyclic amines) is 1. The van der Waals surface area contributed by atoms with Gasteiger partial charge in [0.1, 0.15) is 0 Å². The Morgan fingerprint density at radius 1 is 1.00 bits per heavy atom. The lowest BCUT2D eigenvalue weighted by atomic mass is 9.74. The van der Waals surface area contributed by atoms with Crippen molar-refractivity contribution in [2.45, 2.75) is 71.9 Å². The van der Waals surface area contributed by atoms with Crippen LogP contribution in [0.2, 0.25) is 0 Å². The van der Waals surface area contributed by atoms with Crippen LogP contribution in [0.25, 0.3) is 0 Å². The van der Waals surface area contributed by atoms with Crippen LogP contribution in [0.5, 0.6) is 0 Å². The van der Waals surface area contributed by atoms with Crippen molar-refractivity contribution in [2.24, 2.45) is 17.8 Å². The molecule has 1 aliphatic carbocycles. The minimum absolute atomic E-state index is 0.610. The Labute approximate surface area is 120 Å². The molecule has 19 heavy (non-hydrogen) atoms. The summed E-state index contributed by atoms with van der Waals surface area (Å²) in [5.74, 6) is 2.82. The van der Waals surface area contributed by atoms with E-state index in [1.54, 1.807) is 0 Å². The molecule has 0 bridgehead atoms. The number of rotatable bonds is 5. The Kier molecular flexibility index (Phi) is 5.70. The van der Waals surface area contributed by atoms with Crippen molar-refractivity contribution in [3.63, 3.8) is 0 Å². The van der Waals surface area contributed by atoms with Gasteiger partial charge in [0.2, 0.25) is 0 Å². The number of hydrogen-bond acceptors (Lipinski definition) is 2. The summed E-state index contributed by atoms with van der Waals surface area (Å²) in [6.45, 7) is 13.2. The summed E-state index contributed by atoms with van der Waals surface area (Å²) in [6.07, 6.45) is 7.43. The predicted octanol–water partition coefficient (Wildman–Crippen LogP) is 3.52. The third-order valence-electron chi connectivity index (χ3n) is 5.57. The van der Waals surface area contributed by atoms with Gasteiger partial charge in [0, 0.05) is 18.6 Å². The molecule has 2 aliphatic rings. The van der Waals surface area contributed by atoms with Crippen molar-refractivity contribution in [2.75, 3.05) is 19.6 Å². The third-order valence-corrected chi connectivity index (χ3v) is 5.57. The summed E-state index contributed by atoms with van der Waals surface area (Å²) >= 11 is 0. The zero-order valence-corrected chi connectivity index (χ0v) is 13.5. The Morgan fingerprint density at radius 3 is 2.37 bits per heavy atom. The van der Waals surface area contributed by atoms with Gasteiger partial charge in [-0.05, 0) is 50.6 Å². The van der Waals surface area contributed by atoms with Crippen molar-refractivity contribution in [1.29, 1.82) is 0 Å². The maximum atomic E-state index is 3.59. The molecule has 1 aliphatic heterocycles. The van der Waals surface area contributed by atoms with E-state index in [4.69, 9.17) is 0 Å². The van der Waals surface area contributed by atoms with E-state index in [1.807, 2.05) is 0 Å². The standard InChI is InChI=1S/C17H34N2/c1-13(2)18-11-14(3)15(4)19-10-9-16-7-5-6-8-17(16)12-19/h13-18H,5-12H2,1-4H3. The average Bonchev–Trinajstić information content (AvgIpc) is 2.43. The molecule has 2 nitrogen and oxygen atoms in total. The fraction of sp³-hybridized carbons (Fsp3) is 1.00. The molecule has 2 fully saturated rings. The number of nitrogens with one attached hydrogen (secondary N) is 1. The quantitative estimate of drug-likeness (QED) is 0.819. The SMILES string of the molecule is CC(C)NCC(C)C(C)N1CCC2CCCCC2C1. The van der Waals surface area contributed by atoms with E-state index in [2.05, 4.69) is 37.9 Å². The zero-order valence-electron chi connectivity index (χ0n) is 13.5. The van der Waals surface area contributed by atoms with E-state index in [0.717, 1.165) is 30.3 Å². The van der Waals surface area contributed by atoms with Crippen LogP contribution in [0.1, 0.15) is 59.8 Å². The van der Waals surface area contributed by atoms with E-state index < -0.39 is 0 Å². The van der Waals surface area contributed by atoms with Crippen molar-refractivity contribution < 1.29 is 0 Å².